The van der Waals surface area contributed by atoms with Crippen molar-refractivity contribution in [3.05, 3.63) is 46.0 Å². The summed E-state index contributed by atoms with van der Waals surface area (Å²) in [4.78, 5) is 29.5. The van der Waals surface area contributed by atoms with Crippen molar-refractivity contribution in [1.82, 2.24) is 10.3 Å². The SMILES string of the molecule is Cc1cccc(C(=O)NC(C)C(=O)Nc2nc(C)c(C)s2)c1. The van der Waals surface area contributed by atoms with Gasteiger partial charge in [-0.1, -0.05) is 17.7 Å². The maximum atomic E-state index is 12.1. The Kier molecular flexibility index (Phi) is 4.92. The van der Waals surface area contributed by atoms with Gasteiger partial charge in [0.2, 0.25) is 5.91 Å². The number of hydrogen-bond donors (Lipinski definition) is 2. The highest BCUT2D eigenvalue weighted by atomic mass is 32.1. The van der Waals surface area contributed by atoms with E-state index in [1.807, 2.05) is 32.9 Å². The lowest BCUT2D eigenvalue weighted by atomic mass is 10.1. The van der Waals surface area contributed by atoms with Gasteiger partial charge in [0.15, 0.2) is 5.13 Å². The first-order valence-corrected chi connectivity index (χ1v) is 7.81. The Balaban J connectivity index is 1.97. The zero-order valence-corrected chi connectivity index (χ0v) is 13.9. The molecule has 0 aliphatic heterocycles. The molecule has 0 aliphatic rings. The summed E-state index contributed by atoms with van der Waals surface area (Å²) in [5.41, 5.74) is 2.44. The third-order valence-electron chi connectivity index (χ3n) is 3.28. The van der Waals surface area contributed by atoms with Crippen LogP contribution in [-0.2, 0) is 4.79 Å². The fourth-order valence-electron chi connectivity index (χ4n) is 1.87. The lowest BCUT2D eigenvalue weighted by Crippen LogP contribution is -2.41. The van der Waals surface area contributed by atoms with Gasteiger partial charge in [-0.3, -0.25) is 9.59 Å². The highest BCUT2D eigenvalue weighted by Gasteiger charge is 2.18. The van der Waals surface area contributed by atoms with Crippen LogP contribution in [0.15, 0.2) is 24.3 Å². The Morgan fingerprint density at radius 3 is 2.55 bits per heavy atom. The van der Waals surface area contributed by atoms with E-state index in [9.17, 15) is 9.59 Å². The first-order valence-electron chi connectivity index (χ1n) is 6.99. The Bertz CT molecular complexity index is 690. The van der Waals surface area contributed by atoms with Crippen LogP contribution in [0.5, 0.6) is 0 Å². The monoisotopic (exact) mass is 317 g/mol. The van der Waals surface area contributed by atoms with E-state index in [1.165, 1.54) is 11.3 Å². The van der Waals surface area contributed by atoms with Gasteiger partial charge in [-0.25, -0.2) is 4.98 Å². The molecule has 1 aromatic heterocycles. The Morgan fingerprint density at radius 1 is 1.23 bits per heavy atom. The number of carbonyl (C=O) groups excluding carboxylic acids is 2. The molecule has 116 valence electrons. The molecule has 6 heteroatoms. The normalized spacial score (nSPS) is 11.8. The van der Waals surface area contributed by atoms with E-state index in [1.54, 1.807) is 19.1 Å². The van der Waals surface area contributed by atoms with Crippen molar-refractivity contribution in [2.75, 3.05) is 5.32 Å². The van der Waals surface area contributed by atoms with Gasteiger partial charge in [0.05, 0.1) is 5.69 Å². The fourth-order valence-corrected chi connectivity index (χ4v) is 2.69. The van der Waals surface area contributed by atoms with Gasteiger partial charge in [-0.2, -0.15) is 0 Å². The van der Waals surface area contributed by atoms with Gasteiger partial charge in [-0.15, -0.1) is 11.3 Å². The zero-order valence-electron chi connectivity index (χ0n) is 13.1. The molecule has 1 aromatic carbocycles. The van der Waals surface area contributed by atoms with E-state index < -0.39 is 6.04 Å². The lowest BCUT2D eigenvalue weighted by Gasteiger charge is -2.13. The Morgan fingerprint density at radius 2 is 1.95 bits per heavy atom. The van der Waals surface area contributed by atoms with E-state index in [0.29, 0.717) is 10.7 Å². The highest BCUT2D eigenvalue weighted by molar-refractivity contribution is 7.15. The van der Waals surface area contributed by atoms with Crippen molar-refractivity contribution < 1.29 is 9.59 Å². The smallest absolute Gasteiger partial charge is 0.251 e. The van der Waals surface area contributed by atoms with E-state index in [4.69, 9.17) is 0 Å². The number of aromatic nitrogens is 1. The molecule has 5 nitrogen and oxygen atoms in total. The molecule has 0 spiro atoms. The second-order valence-corrected chi connectivity index (χ2v) is 6.42. The predicted molar refractivity (Wildman–Crippen MR) is 88.3 cm³/mol. The number of anilines is 1. The van der Waals surface area contributed by atoms with Crippen molar-refractivity contribution in [3.63, 3.8) is 0 Å². The number of nitrogens with one attached hydrogen (secondary N) is 2. The highest BCUT2D eigenvalue weighted by Crippen LogP contribution is 2.21. The number of rotatable bonds is 4. The summed E-state index contributed by atoms with van der Waals surface area (Å²) in [7, 11) is 0. The number of hydrogen-bond acceptors (Lipinski definition) is 4. The van der Waals surface area contributed by atoms with Crippen LogP contribution in [0.4, 0.5) is 5.13 Å². The zero-order chi connectivity index (χ0) is 16.3. The molecule has 2 rings (SSSR count). The summed E-state index contributed by atoms with van der Waals surface area (Å²) >= 11 is 1.42. The molecule has 2 N–H and O–H groups in total. The van der Waals surface area contributed by atoms with Crippen LogP contribution in [0.1, 0.15) is 33.4 Å². The molecule has 0 fully saturated rings. The minimum Gasteiger partial charge on any atom is -0.341 e. The van der Waals surface area contributed by atoms with Crippen molar-refractivity contribution >= 4 is 28.3 Å². The number of thiazole rings is 1. The Labute approximate surface area is 133 Å². The average Bonchev–Trinajstić information content (AvgIpc) is 2.77. The summed E-state index contributed by atoms with van der Waals surface area (Å²) < 4.78 is 0. The molecule has 2 aromatic rings. The average molecular weight is 317 g/mol. The van der Waals surface area contributed by atoms with E-state index in [-0.39, 0.29) is 11.8 Å². The van der Waals surface area contributed by atoms with Crippen LogP contribution in [0.2, 0.25) is 0 Å². The topological polar surface area (TPSA) is 71.1 Å². The van der Waals surface area contributed by atoms with Crippen LogP contribution in [-0.4, -0.2) is 22.8 Å². The minimum atomic E-state index is -0.641. The molecule has 0 aliphatic carbocycles. The molecule has 0 radical (unpaired) electrons. The molecule has 0 saturated carbocycles. The number of aryl methyl sites for hydroxylation is 3. The maximum Gasteiger partial charge on any atom is 0.251 e. The van der Waals surface area contributed by atoms with Gasteiger partial charge in [-0.05, 0) is 39.8 Å². The van der Waals surface area contributed by atoms with Crippen LogP contribution >= 0.6 is 11.3 Å². The summed E-state index contributed by atoms with van der Waals surface area (Å²) in [5.74, 6) is -0.549. The lowest BCUT2D eigenvalue weighted by molar-refractivity contribution is -0.117. The van der Waals surface area contributed by atoms with Gasteiger partial charge in [0, 0.05) is 10.4 Å². The molecular formula is C16H19N3O2S. The maximum absolute atomic E-state index is 12.1. The van der Waals surface area contributed by atoms with Crippen molar-refractivity contribution in [1.29, 1.82) is 0 Å². The van der Waals surface area contributed by atoms with E-state index in [2.05, 4.69) is 15.6 Å². The van der Waals surface area contributed by atoms with Crippen molar-refractivity contribution in [2.24, 2.45) is 0 Å². The van der Waals surface area contributed by atoms with Gasteiger partial charge >= 0.3 is 0 Å². The quantitative estimate of drug-likeness (QED) is 0.911. The third kappa shape index (κ3) is 3.92. The van der Waals surface area contributed by atoms with Crippen LogP contribution in [0, 0.1) is 20.8 Å². The van der Waals surface area contributed by atoms with Gasteiger partial charge in [0.25, 0.3) is 5.91 Å². The summed E-state index contributed by atoms with van der Waals surface area (Å²) in [6.45, 7) is 7.41. The largest absolute Gasteiger partial charge is 0.341 e. The summed E-state index contributed by atoms with van der Waals surface area (Å²) in [5, 5.41) is 5.97. The van der Waals surface area contributed by atoms with Crippen LogP contribution in [0.25, 0.3) is 0 Å². The number of carbonyl (C=O) groups is 2. The van der Waals surface area contributed by atoms with E-state index >= 15 is 0 Å². The first-order chi connectivity index (χ1) is 10.4. The fraction of sp³-hybridized carbons (Fsp3) is 0.312. The molecule has 1 atom stereocenters. The molecule has 2 amide bonds. The molecule has 0 bridgehead atoms. The summed E-state index contributed by atoms with van der Waals surface area (Å²) in [6, 6.07) is 6.60. The van der Waals surface area contributed by atoms with Gasteiger partial charge < -0.3 is 10.6 Å². The number of benzene rings is 1. The molecule has 1 heterocycles. The third-order valence-corrected chi connectivity index (χ3v) is 4.27. The molecule has 1 unspecified atom stereocenters. The predicted octanol–water partition coefficient (Wildman–Crippen LogP) is 2.83. The van der Waals surface area contributed by atoms with E-state index in [0.717, 1.165) is 16.1 Å². The van der Waals surface area contributed by atoms with Crippen LogP contribution < -0.4 is 10.6 Å². The molecule has 0 saturated heterocycles. The standard InChI is InChI=1S/C16H19N3O2S/c1-9-6-5-7-13(8-9)15(21)17-11(3)14(20)19-16-18-10(2)12(4)22-16/h5-8,11H,1-4H3,(H,17,21)(H,18,19,20). The van der Waals surface area contributed by atoms with Gasteiger partial charge in [0.1, 0.15) is 6.04 Å². The Hall–Kier alpha value is -2.21. The summed E-state index contributed by atoms with van der Waals surface area (Å²) in [6.07, 6.45) is 0. The number of nitrogens with zero attached hydrogens (tertiary/aromatic N) is 1. The second kappa shape index (κ2) is 6.70. The molecular weight excluding hydrogens is 298 g/mol. The number of amides is 2. The van der Waals surface area contributed by atoms with Crippen molar-refractivity contribution in [2.45, 2.75) is 33.7 Å². The molecule has 22 heavy (non-hydrogen) atoms. The first kappa shape index (κ1) is 16.2. The van der Waals surface area contributed by atoms with Crippen molar-refractivity contribution in [3.8, 4) is 0 Å². The van der Waals surface area contributed by atoms with Crippen LogP contribution in [0.3, 0.4) is 0 Å². The second-order valence-electron chi connectivity index (χ2n) is 5.21. The minimum absolute atomic E-state index is 0.266.